The van der Waals surface area contributed by atoms with Crippen LogP contribution in [0.5, 0.6) is 0 Å². The van der Waals surface area contributed by atoms with Crippen LogP contribution in [0.2, 0.25) is 0 Å². The van der Waals surface area contributed by atoms with E-state index in [4.69, 9.17) is 4.52 Å². The highest BCUT2D eigenvalue weighted by Gasteiger charge is 2.35. The molecule has 0 aliphatic carbocycles. The van der Waals surface area contributed by atoms with Crippen molar-refractivity contribution < 1.29 is 9.32 Å². The van der Waals surface area contributed by atoms with Crippen LogP contribution in [-0.2, 0) is 6.42 Å². The number of amides is 2. The lowest BCUT2D eigenvalue weighted by Crippen LogP contribution is -2.46. The van der Waals surface area contributed by atoms with E-state index in [-0.39, 0.29) is 12.1 Å². The first-order valence-electron chi connectivity index (χ1n) is 10.4. The predicted octanol–water partition coefficient (Wildman–Crippen LogP) is 5.66. The van der Waals surface area contributed by atoms with Gasteiger partial charge in [-0.3, -0.25) is 4.90 Å². The first-order chi connectivity index (χ1) is 14.6. The third-order valence-electron chi connectivity index (χ3n) is 5.45. The highest BCUT2D eigenvalue weighted by molar-refractivity contribution is 7.13. The van der Waals surface area contributed by atoms with Crippen molar-refractivity contribution in [2.24, 2.45) is 0 Å². The number of aryl methyl sites for hydroxylation is 1. The molecule has 3 heterocycles. The van der Waals surface area contributed by atoms with E-state index in [0.717, 1.165) is 41.0 Å². The quantitative estimate of drug-likeness (QED) is 0.533. The first-order valence-corrected chi connectivity index (χ1v) is 11.3. The molecule has 1 unspecified atom stereocenters. The summed E-state index contributed by atoms with van der Waals surface area (Å²) < 4.78 is 5.69. The summed E-state index contributed by atoms with van der Waals surface area (Å²) in [4.78, 5) is 20.3. The van der Waals surface area contributed by atoms with Crippen LogP contribution in [-0.4, -0.2) is 27.6 Å². The van der Waals surface area contributed by atoms with Crippen molar-refractivity contribution in [1.82, 2.24) is 20.4 Å². The second-order valence-corrected chi connectivity index (χ2v) is 8.33. The maximum atomic E-state index is 12.9. The molecular formula is C23H26N4O2S. The summed E-state index contributed by atoms with van der Waals surface area (Å²) in [6.07, 6.45) is 2.91. The Balaban J connectivity index is 1.78. The average Bonchev–Trinajstić information content (AvgIpc) is 3.45. The van der Waals surface area contributed by atoms with E-state index in [2.05, 4.69) is 53.6 Å². The molecule has 7 heteroatoms. The van der Waals surface area contributed by atoms with Gasteiger partial charge in [0, 0.05) is 12.2 Å². The third-order valence-corrected chi connectivity index (χ3v) is 6.32. The van der Waals surface area contributed by atoms with Crippen molar-refractivity contribution in [3.05, 3.63) is 64.5 Å². The van der Waals surface area contributed by atoms with E-state index in [1.807, 2.05) is 24.4 Å². The summed E-state index contributed by atoms with van der Waals surface area (Å²) in [6.45, 7) is 6.87. The number of carbonyl (C=O) groups is 1. The summed E-state index contributed by atoms with van der Waals surface area (Å²) in [5.74, 6) is 1.01. The number of nitrogens with zero attached hydrogens (tertiary/aromatic N) is 3. The van der Waals surface area contributed by atoms with Gasteiger partial charge in [-0.1, -0.05) is 55.8 Å². The van der Waals surface area contributed by atoms with Crippen LogP contribution in [0.25, 0.3) is 16.3 Å². The Bertz CT molecular complexity index is 1040. The monoisotopic (exact) mass is 422 g/mol. The van der Waals surface area contributed by atoms with Crippen molar-refractivity contribution in [3.8, 4) is 10.7 Å². The van der Waals surface area contributed by atoms with Crippen LogP contribution in [0.4, 0.5) is 4.79 Å². The second-order valence-electron chi connectivity index (χ2n) is 7.38. The largest absolute Gasteiger partial charge is 0.334 e. The van der Waals surface area contributed by atoms with Gasteiger partial charge in [0.25, 0.3) is 5.89 Å². The number of urea groups is 1. The molecule has 1 aliphatic rings. The van der Waals surface area contributed by atoms with Crippen LogP contribution in [0.3, 0.4) is 0 Å². The molecule has 0 fully saturated rings. The fraction of sp³-hybridized carbons (Fsp3) is 0.348. The Morgan fingerprint density at radius 3 is 2.67 bits per heavy atom. The van der Waals surface area contributed by atoms with E-state index in [0.29, 0.717) is 18.3 Å². The molecule has 3 aromatic rings. The number of hydrogen-bond acceptors (Lipinski definition) is 5. The van der Waals surface area contributed by atoms with E-state index in [9.17, 15) is 4.79 Å². The Kier molecular flexibility index (Phi) is 5.99. The van der Waals surface area contributed by atoms with Crippen molar-refractivity contribution >= 4 is 22.9 Å². The summed E-state index contributed by atoms with van der Waals surface area (Å²) in [7, 11) is 0. The van der Waals surface area contributed by atoms with Crippen molar-refractivity contribution in [3.63, 3.8) is 0 Å². The summed E-state index contributed by atoms with van der Waals surface area (Å²) >= 11 is 1.57. The number of carbonyl (C=O) groups excluding carboxylic acids is 1. The van der Waals surface area contributed by atoms with E-state index in [1.165, 1.54) is 5.56 Å². The zero-order valence-corrected chi connectivity index (χ0v) is 18.3. The molecule has 2 amide bonds. The Morgan fingerprint density at radius 2 is 2.00 bits per heavy atom. The Morgan fingerprint density at radius 1 is 1.20 bits per heavy atom. The summed E-state index contributed by atoms with van der Waals surface area (Å²) in [5.41, 5.74) is 3.97. The minimum Gasteiger partial charge on any atom is -0.334 e. The van der Waals surface area contributed by atoms with E-state index < -0.39 is 0 Å². The third kappa shape index (κ3) is 3.89. The number of aromatic nitrogens is 2. The van der Waals surface area contributed by atoms with Gasteiger partial charge >= 0.3 is 6.03 Å². The lowest BCUT2D eigenvalue weighted by atomic mass is 9.93. The molecular weight excluding hydrogens is 396 g/mol. The zero-order valence-electron chi connectivity index (χ0n) is 17.5. The smallest absolute Gasteiger partial charge is 0.322 e. The van der Waals surface area contributed by atoms with Gasteiger partial charge in [0.15, 0.2) is 0 Å². The number of nitrogens with one attached hydrogen (secondary N) is 1. The number of rotatable bonds is 7. The Hall–Kier alpha value is -2.93. The molecule has 4 rings (SSSR count). The lowest BCUT2D eigenvalue weighted by Gasteiger charge is -2.35. The number of thiophene rings is 1. The number of unbranched alkanes of at least 4 members (excludes halogenated alkanes) is 1. The molecule has 1 atom stereocenters. The molecule has 2 aromatic heterocycles. The molecule has 0 saturated heterocycles. The minimum atomic E-state index is -0.335. The van der Waals surface area contributed by atoms with Gasteiger partial charge in [0.05, 0.1) is 16.5 Å². The highest BCUT2D eigenvalue weighted by Crippen LogP contribution is 2.37. The number of hydrogen-bond donors (Lipinski definition) is 1. The molecule has 6 nitrogen and oxygen atoms in total. The molecule has 0 bridgehead atoms. The molecule has 1 N–H and O–H groups in total. The maximum Gasteiger partial charge on any atom is 0.322 e. The number of allylic oxidation sites excluding steroid dienone is 1. The molecule has 0 spiro atoms. The molecule has 0 saturated carbocycles. The van der Waals surface area contributed by atoms with Gasteiger partial charge in [-0.15, -0.1) is 11.3 Å². The fourth-order valence-electron chi connectivity index (χ4n) is 3.68. The molecule has 30 heavy (non-hydrogen) atoms. The van der Waals surface area contributed by atoms with Crippen LogP contribution in [0, 0.1) is 0 Å². The van der Waals surface area contributed by atoms with Crippen molar-refractivity contribution in [2.75, 3.05) is 6.54 Å². The van der Waals surface area contributed by atoms with Crippen molar-refractivity contribution in [1.29, 1.82) is 0 Å². The van der Waals surface area contributed by atoms with E-state index >= 15 is 0 Å². The predicted molar refractivity (Wildman–Crippen MR) is 119 cm³/mol. The lowest BCUT2D eigenvalue weighted by molar-refractivity contribution is 0.204. The van der Waals surface area contributed by atoms with Gasteiger partial charge in [-0.05, 0) is 42.3 Å². The second kappa shape index (κ2) is 8.83. The van der Waals surface area contributed by atoms with Gasteiger partial charge in [-0.2, -0.15) is 4.98 Å². The minimum absolute atomic E-state index is 0.0905. The zero-order chi connectivity index (χ0) is 21.1. The normalized spacial score (nSPS) is 16.8. The summed E-state index contributed by atoms with van der Waals surface area (Å²) in [6, 6.07) is 11.8. The van der Waals surface area contributed by atoms with Gasteiger partial charge in [-0.25, -0.2) is 4.79 Å². The Labute approximate surface area is 180 Å². The van der Waals surface area contributed by atoms with Crippen LogP contribution in [0.1, 0.15) is 56.7 Å². The molecule has 0 radical (unpaired) electrons. The fourth-order valence-corrected chi connectivity index (χ4v) is 4.33. The topological polar surface area (TPSA) is 71.3 Å². The van der Waals surface area contributed by atoms with Gasteiger partial charge in [0.2, 0.25) is 5.82 Å². The molecule has 1 aliphatic heterocycles. The van der Waals surface area contributed by atoms with Crippen molar-refractivity contribution in [2.45, 2.75) is 46.1 Å². The van der Waals surface area contributed by atoms with Crippen LogP contribution >= 0.6 is 11.3 Å². The molecule has 1 aromatic carbocycles. The highest BCUT2D eigenvalue weighted by atomic mass is 32.1. The van der Waals surface area contributed by atoms with Gasteiger partial charge < -0.3 is 9.84 Å². The first kappa shape index (κ1) is 20.3. The molecule has 156 valence electrons. The standard InChI is InChI=1S/C23H26N4O2S/c1-4-6-13-27-15(3)19(22-25-21(26-29-22)18-8-7-14-30-18)20(24-23(27)28)17-11-9-16(5-2)10-12-17/h7-12,14,20H,4-6,13H2,1-3H3,(H,24,28). The average molecular weight is 423 g/mol. The van der Waals surface area contributed by atoms with Gasteiger partial charge in [0.1, 0.15) is 0 Å². The van der Waals surface area contributed by atoms with Crippen LogP contribution in [0.15, 0.2) is 52.0 Å². The van der Waals surface area contributed by atoms with Crippen LogP contribution < -0.4 is 5.32 Å². The number of benzene rings is 1. The maximum absolute atomic E-state index is 12.9. The summed E-state index contributed by atoms with van der Waals surface area (Å²) in [5, 5.41) is 9.33. The van der Waals surface area contributed by atoms with E-state index in [1.54, 1.807) is 16.2 Å². The SMILES string of the molecule is CCCCN1C(=O)NC(c2ccc(CC)cc2)C(c2nc(-c3cccs3)no2)=C1C.